The molecule has 0 radical (unpaired) electrons. The summed E-state index contributed by atoms with van der Waals surface area (Å²) in [4.78, 5) is 0.0602. The molecule has 4 aliphatic carbocycles. The van der Waals surface area contributed by atoms with E-state index >= 15 is 0 Å². The summed E-state index contributed by atoms with van der Waals surface area (Å²) >= 11 is 6.52. The van der Waals surface area contributed by atoms with Gasteiger partial charge in [-0.15, -0.1) is 11.6 Å². The van der Waals surface area contributed by atoms with Gasteiger partial charge in [-0.05, 0) is 38.0 Å². The van der Waals surface area contributed by atoms with Crippen LogP contribution < -0.4 is 0 Å². The van der Waals surface area contributed by atoms with Crippen molar-refractivity contribution in [1.82, 2.24) is 0 Å². The number of halogens is 1. The van der Waals surface area contributed by atoms with Crippen LogP contribution in [0.3, 0.4) is 0 Å². The quantitative estimate of drug-likeness (QED) is 0.363. The Balaban J connectivity index is 1.98. The van der Waals surface area contributed by atoms with Gasteiger partial charge in [-0.1, -0.05) is 5.16 Å². The van der Waals surface area contributed by atoms with Crippen molar-refractivity contribution in [3.63, 3.8) is 0 Å². The number of rotatable bonds is 0. The second kappa shape index (κ2) is 2.41. The van der Waals surface area contributed by atoms with Gasteiger partial charge in [0, 0.05) is 16.7 Å². The lowest BCUT2D eigenvalue weighted by atomic mass is 9.55. The fourth-order valence-electron chi connectivity index (χ4n) is 3.83. The number of oxime groups is 1. The van der Waals surface area contributed by atoms with E-state index in [9.17, 15) is 0 Å². The minimum absolute atomic E-state index is 0.0602. The number of alkyl halides is 1. The number of hydrogen-bond acceptors (Lipinski definition) is 2. The standard InChI is InChI=1S/C10H14ClNO/c11-10-3-6-1-7(4-10)9(12-13)8(2-6)5-10/h6-8,13H,1-5H2/t6?,7-,8+,10?. The van der Waals surface area contributed by atoms with E-state index in [1.807, 2.05) is 0 Å². The summed E-state index contributed by atoms with van der Waals surface area (Å²) in [6.45, 7) is 0. The van der Waals surface area contributed by atoms with Gasteiger partial charge in [0.1, 0.15) is 0 Å². The Bertz CT molecular complexity index is 258. The highest BCUT2D eigenvalue weighted by atomic mass is 35.5. The molecule has 1 N–H and O–H groups in total. The lowest BCUT2D eigenvalue weighted by Gasteiger charge is -2.53. The molecule has 4 aliphatic rings. The van der Waals surface area contributed by atoms with Gasteiger partial charge in [-0.2, -0.15) is 0 Å². The van der Waals surface area contributed by atoms with Crippen molar-refractivity contribution in [1.29, 1.82) is 0 Å². The Morgan fingerprint density at radius 2 is 1.85 bits per heavy atom. The van der Waals surface area contributed by atoms with Gasteiger partial charge in [0.15, 0.2) is 0 Å². The molecule has 4 fully saturated rings. The molecule has 13 heavy (non-hydrogen) atoms. The molecule has 72 valence electrons. The SMILES string of the molecule is ON=C1[C@@H]2CC3C[C@H]1CC(Cl)(C3)C2. The molecule has 0 aromatic rings. The van der Waals surface area contributed by atoms with Crippen LogP contribution in [0.4, 0.5) is 0 Å². The second-order valence-corrected chi connectivity index (χ2v) is 5.82. The van der Waals surface area contributed by atoms with Crippen LogP contribution in [0.25, 0.3) is 0 Å². The Kier molecular flexibility index (Phi) is 1.50. The first-order valence-corrected chi connectivity index (χ1v) is 5.49. The summed E-state index contributed by atoms with van der Waals surface area (Å²) in [5.74, 6) is 1.79. The zero-order valence-corrected chi connectivity index (χ0v) is 8.30. The van der Waals surface area contributed by atoms with Crippen molar-refractivity contribution >= 4 is 17.3 Å². The highest BCUT2D eigenvalue weighted by Crippen LogP contribution is 2.57. The molecule has 0 saturated heterocycles. The third kappa shape index (κ3) is 1.04. The van der Waals surface area contributed by atoms with Gasteiger partial charge in [-0.3, -0.25) is 0 Å². The van der Waals surface area contributed by atoms with E-state index in [1.165, 1.54) is 19.3 Å². The van der Waals surface area contributed by atoms with Crippen molar-refractivity contribution in [3.05, 3.63) is 0 Å². The highest BCUT2D eigenvalue weighted by Gasteiger charge is 2.53. The molecule has 4 atom stereocenters. The van der Waals surface area contributed by atoms with E-state index in [0.29, 0.717) is 11.8 Å². The minimum atomic E-state index is 0.0602. The summed E-state index contributed by atoms with van der Waals surface area (Å²) in [6.07, 6.45) is 5.71. The maximum Gasteiger partial charge on any atom is 0.0633 e. The van der Waals surface area contributed by atoms with E-state index < -0.39 is 0 Å². The van der Waals surface area contributed by atoms with Gasteiger partial charge < -0.3 is 5.21 Å². The minimum Gasteiger partial charge on any atom is -0.411 e. The van der Waals surface area contributed by atoms with Crippen LogP contribution in [0.15, 0.2) is 5.16 Å². The normalized spacial score (nSPS) is 56.1. The van der Waals surface area contributed by atoms with E-state index in [2.05, 4.69) is 5.16 Å². The lowest BCUT2D eigenvalue weighted by molar-refractivity contribution is 0.121. The summed E-state index contributed by atoms with van der Waals surface area (Å²) in [5, 5.41) is 12.4. The maximum atomic E-state index is 8.93. The molecule has 4 bridgehead atoms. The molecule has 0 aromatic carbocycles. The maximum absolute atomic E-state index is 8.93. The average Bonchev–Trinajstić information content (AvgIpc) is 2.00. The highest BCUT2D eigenvalue weighted by molar-refractivity contribution is 6.24. The monoisotopic (exact) mass is 199 g/mol. The van der Waals surface area contributed by atoms with Crippen LogP contribution in [0.1, 0.15) is 32.1 Å². The molecule has 4 saturated carbocycles. The van der Waals surface area contributed by atoms with Crippen molar-refractivity contribution < 1.29 is 5.21 Å². The van der Waals surface area contributed by atoms with Crippen molar-refractivity contribution in [2.75, 3.05) is 0 Å². The first-order valence-electron chi connectivity index (χ1n) is 5.11. The molecule has 2 unspecified atom stereocenters. The second-order valence-electron chi connectivity index (χ2n) is 5.02. The summed E-state index contributed by atoms with van der Waals surface area (Å²) in [5.41, 5.74) is 1.05. The molecular formula is C10H14ClNO. The van der Waals surface area contributed by atoms with Crippen molar-refractivity contribution in [2.45, 2.75) is 37.0 Å². The topological polar surface area (TPSA) is 32.6 Å². The Hall–Kier alpha value is -0.240. The zero-order valence-electron chi connectivity index (χ0n) is 7.54. The number of hydrogen-bond donors (Lipinski definition) is 1. The molecule has 4 rings (SSSR count). The molecule has 3 heteroatoms. The van der Waals surface area contributed by atoms with Gasteiger partial charge >= 0.3 is 0 Å². The van der Waals surface area contributed by atoms with Crippen LogP contribution in [0.5, 0.6) is 0 Å². The first-order chi connectivity index (χ1) is 6.20. The fourth-order valence-corrected chi connectivity index (χ4v) is 4.42. The van der Waals surface area contributed by atoms with Crippen molar-refractivity contribution in [2.24, 2.45) is 22.9 Å². The van der Waals surface area contributed by atoms with Crippen molar-refractivity contribution in [3.8, 4) is 0 Å². The first kappa shape index (κ1) is 8.10. The van der Waals surface area contributed by atoms with Gasteiger partial charge in [-0.25, -0.2) is 0 Å². The van der Waals surface area contributed by atoms with Gasteiger partial charge in [0.25, 0.3) is 0 Å². The van der Waals surface area contributed by atoms with Gasteiger partial charge in [0.2, 0.25) is 0 Å². The number of nitrogens with zero attached hydrogens (tertiary/aromatic N) is 1. The molecular weight excluding hydrogens is 186 g/mol. The molecule has 0 heterocycles. The molecule has 0 aromatic heterocycles. The average molecular weight is 200 g/mol. The van der Waals surface area contributed by atoms with E-state index in [-0.39, 0.29) is 4.87 Å². The van der Waals surface area contributed by atoms with Crippen LogP contribution in [-0.4, -0.2) is 15.8 Å². The third-order valence-corrected chi connectivity index (χ3v) is 4.53. The van der Waals surface area contributed by atoms with Crippen LogP contribution in [-0.2, 0) is 0 Å². The molecule has 2 nitrogen and oxygen atoms in total. The summed E-state index contributed by atoms with van der Waals surface area (Å²) in [7, 11) is 0. The predicted octanol–water partition coefficient (Wildman–Crippen LogP) is 2.63. The van der Waals surface area contributed by atoms with E-state index in [1.54, 1.807) is 0 Å². The largest absolute Gasteiger partial charge is 0.411 e. The Morgan fingerprint density at radius 3 is 2.31 bits per heavy atom. The fraction of sp³-hybridized carbons (Fsp3) is 0.900. The lowest BCUT2D eigenvalue weighted by Crippen LogP contribution is -2.52. The van der Waals surface area contributed by atoms with E-state index in [0.717, 1.165) is 24.5 Å². The summed E-state index contributed by atoms with van der Waals surface area (Å²) < 4.78 is 0. The molecule has 0 amide bonds. The smallest absolute Gasteiger partial charge is 0.0633 e. The summed E-state index contributed by atoms with van der Waals surface area (Å²) in [6, 6.07) is 0. The van der Waals surface area contributed by atoms with E-state index in [4.69, 9.17) is 16.8 Å². The van der Waals surface area contributed by atoms with Crippen LogP contribution in [0, 0.1) is 17.8 Å². The van der Waals surface area contributed by atoms with Gasteiger partial charge in [0.05, 0.1) is 5.71 Å². The predicted molar refractivity (Wildman–Crippen MR) is 51.4 cm³/mol. The molecule has 0 aliphatic heterocycles. The third-order valence-electron chi connectivity index (χ3n) is 4.07. The molecule has 0 spiro atoms. The zero-order chi connectivity index (χ0) is 9.05. The Morgan fingerprint density at radius 1 is 1.23 bits per heavy atom. The van der Waals surface area contributed by atoms with Crippen LogP contribution in [0.2, 0.25) is 0 Å². The Labute approximate surface area is 83.0 Å². The van der Waals surface area contributed by atoms with Crippen LogP contribution >= 0.6 is 11.6 Å².